The van der Waals surface area contributed by atoms with Crippen molar-refractivity contribution in [1.82, 2.24) is 0 Å². The minimum atomic E-state index is 0.177. The second-order valence-corrected chi connectivity index (χ2v) is 8.78. The molecule has 3 nitrogen and oxygen atoms in total. The molecule has 1 fully saturated rings. The zero-order valence-electron chi connectivity index (χ0n) is 17.3. The van der Waals surface area contributed by atoms with E-state index < -0.39 is 0 Å². The van der Waals surface area contributed by atoms with Crippen molar-refractivity contribution in [3.63, 3.8) is 0 Å². The molecule has 4 heteroatoms. The molecular formula is C21H44O3Si. The summed E-state index contributed by atoms with van der Waals surface area (Å²) in [6.07, 6.45) is 17.2. The van der Waals surface area contributed by atoms with E-state index in [9.17, 15) is 0 Å². The molecule has 3 unspecified atom stereocenters. The molecule has 0 spiro atoms. The fourth-order valence-corrected chi connectivity index (χ4v) is 4.43. The summed E-state index contributed by atoms with van der Waals surface area (Å²) in [5, 5.41) is 0. The highest BCUT2D eigenvalue weighted by Crippen LogP contribution is 2.20. The van der Waals surface area contributed by atoms with E-state index in [0.29, 0.717) is 5.73 Å². The van der Waals surface area contributed by atoms with Gasteiger partial charge in [-0.3, -0.25) is 0 Å². The van der Waals surface area contributed by atoms with Gasteiger partial charge in [-0.2, -0.15) is 0 Å². The maximum Gasteiger partial charge on any atom is 0.106 e. The first kappa shape index (κ1) is 23.1. The first-order valence-electron chi connectivity index (χ1n) is 11.1. The van der Waals surface area contributed by atoms with E-state index in [1.165, 1.54) is 77.0 Å². The Morgan fingerprint density at radius 1 is 0.760 bits per heavy atom. The van der Waals surface area contributed by atoms with Crippen LogP contribution in [0.1, 0.15) is 97.3 Å². The minimum absolute atomic E-state index is 0.177. The lowest BCUT2D eigenvalue weighted by Gasteiger charge is -2.36. The van der Waals surface area contributed by atoms with Gasteiger partial charge in [0.15, 0.2) is 0 Å². The van der Waals surface area contributed by atoms with Crippen molar-refractivity contribution >= 4 is 10.2 Å². The second-order valence-electron chi connectivity index (χ2n) is 7.64. The van der Waals surface area contributed by atoms with E-state index in [1.807, 2.05) is 0 Å². The van der Waals surface area contributed by atoms with Crippen LogP contribution in [-0.2, 0) is 14.2 Å². The second kappa shape index (κ2) is 16.3. The van der Waals surface area contributed by atoms with Crippen molar-refractivity contribution in [2.45, 2.75) is 115 Å². The summed E-state index contributed by atoms with van der Waals surface area (Å²) in [7, 11) is 1.03. The Morgan fingerprint density at radius 3 is 1.88 bits per heavy atom. The smallest absolute Gasteiger partial charge is 0.106 e. The molecule has 1 heterocycles. The number of hydrogen-bond acceptors (Lipinski definition) is 3. The SMILES string of the molecule is CCCCCCCCOC1CCOC([SiH3])C1OCCCCCCCC. The van der Waals surface area contributed by atoms with E-state index >= 15 is 0 Å². The molecule has 0 aromatic rings. The predicted octanol–water partition coefficient (Wildman–Crippen LogP) is 4.59. The Balaban J connectivity index is 2.13. The van der Waals surface area contributed by atoms with Crippen LogP contribution in [0.2, 0.25) is 0 Å². The summed E-state index contributed by atoms with van der Waals surface area (Å²) in [6, 6.07) is 0. The molecule has 0 bridgehead atoms. The lowest BCUT2D eigenvalue weighted by Crippen LogP contribution is -2.48. The van der Waals surface area contributed by atoms with Crippen LogP contribution in [-0.4, -0.2) is 48.0 Å². The molecule has 0 aromatic heterocycles. The van der Waals surface area contributed by atoms with Crippen LogP contribution in [0.3, 0.4) is 0 Å². The van der Waals surface area contributed by atoms with Gasteiger partial charge in [0.05, 0.1) is 11.8 Å². The summed E-state index contributed by atoms with van der Waals surface area (Å²) < 4.78 is 18.3. The highest BCUT2D eigenvalue weighted by atomic mass is 28.1. The minimum Gasteiger partial charge on any atom is -0.380 e. The van der Waals surface area contributed by atoms with Gasteiger partial charge in [-0.1, -0.05) is 78.1 Å². The number of rotatable bonds is 16. The number of ether oxygens (including phenoxy) is 3. The van der Waals surface area contributed by atoms with Crippen LogP contribution < -0.4 is 0 Å². The van der Waals surface area contributed by atoms with Gasteiger partial charge in [-0.25, -0.2) is 0 Å². The van der Waals surface area contributed by atoms with E-state index in [0.717, 1.165) is 36.5 Å². The summed E-state index contributed by atoms with van der Waals surface area (Å²) >= 11 is 0. The molecule has 0 N–H and O–H groups in total. The lowest BCUT2D eigenvalue weighted by atomic mass is 10.1. The molecule has 1 aliphatic heterocycles. The molecular weight excluding hydrogens is 328 g/mol. The molecule has 150 valence electrons. The summed E-state index contributed by atoms with van der Waals surface area (Å²) in [4.78, 5) is 0. The van der Waals surface area contributed by atoms with Crippen molar-refractivity contribution in [3.8, 4) is 0 Å². The van der Waals surface area contributed by atoms with Crippen molar-refractivity contribution < 1.29 is 14.2 Å². The fourth-order valence-electron chi connectivity index (χ4n) is 3.57. The third kappa shape index (κ3) is 11.4. The van der Waals surface area contributed by atoms with Gasteiger partial charge in [0.2, 0.25) is 0 Å². The summed E-state index contributed by atoms with van der Waals surface area (Å²) in [5.41, 5.74) is 0.295. The van der Waals surface area contributed by atoms with Crippen LogP contribution in [0, 0.1) is 0 Å². The monoisotopic (exact) mass is 372 g/mol. The zero-order chi connectivity index (χ0) is 18.2. The molecule has 3 atom stereocenters. The number of unbranched alkanes of at least 4 members (excludes halogenated alkanes) is 10. The molecule has 0 radical (unpaired) electrons. The van der Waals surface area contributed by atoms with Crippen molar-refractivity contribution in [2.24, 2.45) is 0 Å². The standard InChI is InChI=1S/C21H44O3Si/c1-3-5-7-9-11-13-16-22-19-15-18-24-21(25)20(19)23-17-14-12-10-8-6-4-2/h19-21H,3-18H2,1-2,25H3. The normalized spacial score (nSPS) is 24.0. The third-order valence-electron chi connectivity index (χ3n) is 5.25. The highest BCUT2D eigenvalue weighted by Gasteiger charge is 2.32. The maximum absolute atomic E-state index is 6.21. The van der Waals surface area contributed by atoms with Crippen LogP contribution in [0.15, 0.2) is 0 Å². The average Bonchev–Trinajstić information content (AvgIpc) is 2.62. The predicted molar refractivity (Wildman–Crippen MR) is 111 cm³/mol. The molecule has 0 amide bonds. The fraction of sp³-hybridized carbons (Fsp3) is 1.00. The largest absolute Gasteiger partial charge is 0.380 e. The maximum atomic E-state index is 6.21. The summed E-state index contributed by atoms with van der Waals surface area (Å²) in [5.74, 6) is 0. The molecule has 25 heavy (non-hydrogen) atoms. The van der Waals surface area contributed by atoms with Gasteiger partial charge >= 0.3 is 0 Å². The highest BCUT2D eigenvalue weighted by molar-refractivity contribution is 6.11. The Labute approximate surface area is 160 Å². The first-order valence-corrected chi connectivity index (χ1v) is 12.3. The Morgan fingerprint density at radius 2 is 1.28 bits per heavy atom. The lowest BCUT2D eigenvalue weighted by molar-refractivity contribution is -0.154. The Bertz CT molecular complexity index is 288. The van der Waals surface area contributed by atoms with Crippen molar-refractivity contribution in [3.05, 3.63) is 0 Å². The van der Waals surface area contributed by atoms with E-state index in [2.05, 4.69) is 13.8 Å². The molecule has 0 aromatic carbocycles. The van der Waals surface area contributed by atoms with Gasteiger partial charge in [0.1, 0.15) is 6.10 Å². The third-order valence-corrected chi connectivity index (χ3v) is 6.24. The quantitative estimate of drug-likeness (QED) is 0.293. The van der Waals surface area contributed by atoms with E-state index in [-0.39, 0.29) is 12.2 Å². The van der Waals surface area contributed by atoms with Gasteiger partial charge < -0.3 is 14.2 Å². The molecule has 1 aliphatic rings. The Kier molecular flexibility index (Phi) is 15.1. The van der Waals surface area contributed by atoms with Crippen LogP contribution in [0.4, 0.5) is 0 Å². The topological polar surface area (TPSA) is 27.7 Å². The van der Waals surface area contributed by atoms with Gasteiger partial charge in [0.25, 0.3) is 0 Å². The number of hydrogen-bond donors (Lipinski definition) is 0. The van der Waals surface area contributed by atoms with Gasteiger partial charge in [-0.15, -0.1) is 0 Å². The first-order chi connectivity index (χ1) is 12.3. The van der Waals surface area contributed by atoms with Gasteiger partial charge in [-0.05, 0) is 19.3 Å². The molecule has 0 aliphatic carbocycles. The summed E-state index contributed by atoms with van der Waals surface area (Å²) in [6.45, 7) is 7.14. The molecule has 1 rings (SSSR count). The zero-order valence-corrected chi connectivity index (χ0v) is 19.3. The van der Waals surface area contributed by atoms with Crippen LogP contribution in [0.25, 0.3) is 0 Å². The van der Waals surface area contributed by atoms with Crippen molar-refractivity contribution in [1.29, 1.82) is 0 Å². The average molecular weight is 373 g/mol. The van der Waals surface area contributed by atoms with E-state index in [4.69, 9.17) is 14.2 Å². The van der Waals surface area contributed by atoms with Crippen LogP contribution in [0.5, 0.6) is 0 Å². The molecule has 1 saturated heterocycles. The van der Waals surface area contributed by atoms with Gasteiger partial charge in [0, 0.05) is 30.1 Å². The van der Waals surface area contributed by atoms with Crippen LogP contribution >= 0.6 is 0 Å². The van der Waals surface area contributed by atoms with Crippen molar-refractivity contribution in [2.75, 3.05) is 19.8 Å². The molecule has 0 saturated carbocycles. The Hall–Kier alpha value is 0.0969. The van der Waals surface area contributed by atoms with E-state index in [1.54, 1.807) is 0 Å².